The highest BCUT2D eigenvalue weighted by atomic mass is 35.5. The first kappa shape index (κ1) is 21.2. The smallest absolute Gasteiger partial charge is 0.243 e. The number of benzene rings is 2. The van der Waals surface area contributed by atoms with Crippen LogP contribution < -0.4 is 4.90 Å². The van der Waals surface area contributed by atoms with Gasteiger partial charge in [-0.05, 0) is 30.7 Å². The third-order valence-corrected chi connectivity index (χ3v) is 8.18. The van der Waals surface area contributed by atoms with E-state index in [0.717, 1.165) is 29.4 Å². The highest BCUT2D eigenvalue weighted by Crippen LogP contribution is 2.26. The van der Waals surface area contributed by atoms with E-state index in [-0.39, 0.29) is 9.92 Å². The SMILES string of the molecule is Cc1cccc(Cc2csc(N3CCN(S(=O)(=O)c4ccc(F)c(Cl)c4)CC3)n2)c1. The minimum Gasteiger partial charge on any atom is -0.345 e. The average molecular weight is 466 g/mol. The van der Waals surface area contributed by atoms with E-state index in [2.05, 4.69) is 35.4 Å². The summed E-state index contributed by atoms with van der Waals surface area (Å²) in [5, 5.41) is 2.76. The van der Waals surface area contributed by atoms with E-state index in [4.69, 9.17) is 16.6 Å². The van der Waals surface area contributed by atoms with Crippen molar-refractivity contribution < 1.29 is 12.8 Å². The van der Waals surface area contributed by atoms with Gasteiger partial charge in [0, 0.05) is 38.0 Å². The Bertz CT molecular complexity index is 1160. The van der Waals surface area contributed by atoms with Gasteiger partial charge >= 0.3 is 0 Å². The van der Waals surface area contributed by atoms with Crippen molar-refractivity contribution in [3.63, 3.8) is 0 Å². The first-order valence-electron chi connectivity index (χ1n) is 9.53. The van der Waals surface area contributed by atoms with Gasteiger partial charge in [0.05, 0.1) is 15.6 Å². The predicted molar refractivity (Wildman–Crippen MR) is 118 cm³/mol. The monoisotopic (exact) mass is 465 g/mol. The van der Waals surface area contributed by atoms with Gasteiger partial charge < -0.3 is 4.90 Å². The maximum atomic E-state index is 13.4. The maximum Gasteiger partial charge on any atom is 0.243 e. The van der Waals surface area contributed by atoms with Crippen LogP contribution in [0.4, 0.5) is 9.52 Å². The van der Waals surface area contributed by atoms with Crippen molar-refractivity contribution in [3.05, 3.63) is 75.5 Å². The van der Waals surface area contributed by atoms with Gasteiger partial charge in [-0.15, -0.1) is 11.3 Å². The lowest BCUT2D eigenvalue weighted by molar-refractivity contribution is 0.384. The molecule has 0 radical (unpaired) electrons. The molecule has 0 aliphatic carbocycles. The minimum atomic E-state index is -3.71. The van der Waals surface area contributed by atoms with Gasteiger partial charge in [0.25, 0.3) is 0 Å². The van der Waals surface area contributed by atoms with E-state index < -0.39 is 15.8 Å². The summed E-state index contributed by atoms with van der Waals surface area (Å²) in [5.41, 5.74) is 3.46. The minimum absolute atomic E-state index is 0.0111. The van der Waals surface area contributed by atoms with Crippen LogP contribution in [0.3, 0.4) is 0 Å². The molecule has 1 fully saturated rings. The normalized spacial score (nSPS) is 15.5. The Kier molecular flexibility index (Phi) is 6.11. The molecule has 0 amide bonds. The summed E-state index contributed by atoms with van der Waals surface area (Å²) >= 11 is 7.33. The molecule has 158 valence electrons. The molecular weight excluding hydrogens is 445 g/mol. The Balaban J connectivity index is 1.41. The number of rotatable bonds is 5. The van der Waals surface area contributed by atoms with Crippen LogP contribution in [0, 0.1) is 12.7 Å². The summed E-state index contributed by atoms with van der Waals surface area (Å²) in [4.78, 5) is 6.86. The van der Waals surface area contributed by atoms with Crippen LogP contribution in [-0.2, 0) is 16.4 Å². The molecule has 2 aromatic carbocycles. The fourth-order valence-corrected chi connectivity index (χ4v) is 6.03. The van der Waals surface area contributed by atoms with Gasteiger partial charge in [-0.3, -0.25) is 0 Å². The van der Waals surface area contributed by atoms with Crippen LogP contribution >= 0.6 is 22.9 Å². The van der Waals surface area contributed by atoms with Crippen LogP contribution in [0.1, 0.15) is 16.8 Å². The molecule has 30 heavy (non-hydrogen) atoms. The molecule has 0 saturated carbocycles. The largest absolute Gasteiger partial charge is 0.345 e. The quantitative estimate of drug-likeness (QED) is 0.562. The molecule has 1 aliphatic heterocycles. The van der Waals surface area contributed by atoms with Gasteiger partial charge in [0.1, 0.15) is 5.82 Å². The molecule has 9 heteroatoms. The zero-order chi connectivity index (χ0) is 21.3. The summed E-state index contributed by atoms with van der Waals surface area (Å²) in [7, 11) is -3.71. The number of anilines is 1. The number of halogens is 2. The van der Waals surface area contributed by atoms with E-state index in [9.17, 15) is 12.8 Å². The first-order valence-corrected chi connectivity index (χ1v) is 12.2. The van der Waals surface area contributed by atoms with E-state index in [1.165, 1.54) is 21.5 Å². The Hall–Kier alpha value is -2.00. The molecule has 0 atom stereocenters. The van der Waals surface area contributed by atoms with Crippen LogP contribution in [-0.4, -0.2) is 43.9 Å². The molecule has 4 rings (SSSR count). The van der Waals surface area contributed by atoms with Gasteiger partial charge in [-0.25, -0.2) is 17.8 Å². The molecule has 3 aromatic rings. The second-order valence-corrected chi connectivity index (χ2v) is 10.4. The van der Waals surface area contributed by atoms with Gasteiger partial charge in [-0.2, -0.15) is 4.31 Å². The number of thiazole rings is 1. The van der Waals surface area contributed by atoms with Gasteiger partial charge in [0.15, 0.2) is 5.13 Å². The molecule has 1 aliphatic rings. The molecule has 0 unspecified atom stereocenters. The molecular formula is C21H21ClFN3O2S2. The third kappa shape index (κ3) is 4.51. The molecule has 1 saturated heterocycles. The van der Waals surface area contributed by atoms with Crippen molar-refractivity contribution in [2.45, 2.75) is 18.2 Å². The Morgan fingerprint density at radius 2 is 1.90 bits per heavy atom. The lowest BCUT2D eigenvalue weighted by Crippen LogP contribution is -2.48. The van der Waals surface area contributed by atoms with E-state index in [1.54, 1.807) is 11.3 Å². The summed E-state index contributed by atoms with van der Waals surface area (Å²) in [6.07, 6.45) is 0.776. The van der Waals surface area contributed by atoms with Crippen molar-refractivity contribution in [2.75, 3.05) is 31.1 Å². The number of aromatic nitrogens is 1. The number of aryl methyl sites for hydroxylation is 1. The molecule has 0 spiro atoms. The van der Waals surface area contributed by atoms with Gasteiger partial charge in [0.2, 0.25) is 10.0 Å². The lowest BCUT2D eigenvalue weighted by atomic mass is 10.1. The molecule has 2 heterocycles. The standard InChI is InChI=1S/C21H21ClFN3O2S2/c1-15-3-2-4-16(11-15)12-17-14-29-21(24-17)25-7-9-26(10-8-25)30(27,28)18-5-6-20(23)19(22)13-18/h2-6,11,13-14H,7-10,12H2,1H3. The summed E-state index contributed by atoms with van der Waals surface area (Å²) < 4.78 is 40.5. The number of hydrogen-bond donors (Lipinski definition) is 0. The number of hydrogen-bond acceptors (Lipinski definition) is 5. The van der Waals surface area contributed by atoms with Crippen molar-refractivity contribution in [1.82, 2.24) is 9.29 Å². The predicted octanol–water partition coefficient (Wildman–Crippen LogP) is 4.35. The van der Waals surface area contributed by atoms with E-state index in [1.807, 2.05) is 6.07 Å². The topological polar surface area (TPSA) is 53.5 Å². The number of sulfonamides is 1. The van der Waals surface area contributed by atoms with Crippen molar-refractivity contribution >= 4 is 38.1 Å². The summed E-state index contributed by atoms with van der Waals surface area (Å²) in [6.45, 7) is 3.84. The lowest BCUT2D eigenvalue weighted by Gasteiger charge is -2.33. The highest BCUT2D eigenvalue weighted by molar-refractivity contribution is 7.89. The van der Waals surface area contributed by atoms with Crippen LogP contribution in [0.15, 0.2) is 52.7 Å². The number of piperazine rings is 1. The molecule has 1 aromatic heterocycles. The Morgan fingerprint density at radius 3 is 2.60 bits per heavy atom. The third-order valence-electron chi connectivity index (χ3n) is 5.05. The zero-order valence-electron chi connectivity index (χ0n) is 16.4. The second kappa shape index (κ2) is 8.63. The van der Waals surface area contributed by atoms with E-state index >= 15 is 0 Å². The van der Waals surface area contributed by atoms with Crippen molar-refractivity contribution in [1.29, 1.82) is 0 Å². The maximum absolute atomic E-state index is 13.4. The Morgan fingerprint density at radius 1 is 1.13 bits per heavy atom. The number of nitrogens with zero attached hydrogens (tertiary/aromatic N) is 3. The fraction of sp³-hybridized carbons (Fsp3) is 0.286. The molecule has 5 nitrogen and oxygen atoms in total. The average Bonchev–Trinajstić information content (AvgIpc) is 3.18. The van der Waals surface area contributed by atoms with Crippen molar-refractivity contribution in [3.8, 4) is 0 Å². The van der Waals surface area contributed by atoms with Gasteiger partial charge in [-0.1, -0.05) is 41.4 Å². The second-order valence-electron chi connectivity index (χ2n) is 7.25. The van der Waals surface area contributed by atoms with Crippen molar-refractivity contribution in [2.24, 2.45) is 0 Å². The molecule has 0 N–H and O–H groups in total. The van der Waals surface area contributed by atoms with E-state index in [0.29, 0.717) is 26.2 Å². The summed E-state index contributed by atoms with van der Waals surface area (Å²) in [5.74, 6) is -0.634. The van der Waals surface area contributed by atoms with Crippen LogP contribution in [0.2, 0.25) is 5.02 Å². The van der Waals surface area contributed by atoms with Crippen LogP contribution in [0.5, 0.6) is 0 Å². The summed E-state index contributed by atoms with van der Waals surface area (Å²) in [6, 6.07) is 11.9. The molecule has 0 bridgehead atoms. The first-order chi connectivity index (χ1) is 14.3. The zero-order valence-corrected chi connectivity index (χ0v) is 18.8. The Labute approximate surface area is 184 Å². The highest BCUT2D eigenvalue weighted by Gasteiger charge is 2.29. The van der Waals surface area contributed by atoms with Crippen LogP contribution in [0.25, 0.3) is 0 Å². The fourth-order valence-electron chi connectivity index (χ4n) is 3.46.